The SMILES string of the molecule is COC(=O)c1ccc2c(=O)n(CC(C)C)c(SC(C)C(=O)N(C)C)nc2c1. The first-order chi connectivity index (χ1) is 12.6. The van der Waals surface area contributed by atoms with E-state index in [1.54, 1.807) is 43.8 Å². The monoisotopic (exact) mass is 391 g/mol. The van der Waals surface area contributed by atoms with Crippen LogP contribution in [0.3, 0.4) is 0 Å². The Bertz CT molecular complexity index is 921. The van der Waals surface area contributed by atoms with E-state index in [4.69, 9.17) is 4.74 Å². The Balaban J connectivity index is 2.61. The third-order valence-electron chi connectivity index (χ3n) is 3.96. The van der Waals surface area contributed by atoms with Gasteiger partial charge in [-0.2, -0.15) is 0 Å². The molecule has 1 aromatic heterocycles. The summed E-state index contributed by atoms with van der Waals surface area (Å²) in [6.07, 6.45) is 0. The van der Waals surface area contributed by atoms with Crippen LogP contribution in [0.4, 0.5) is 0 Å². The number of fused-ring (bicyclic) bond motifs is 1. The first-order valence-corrected chi connectivity index (χ1v) is 9.54. The number of hydrogen-bond donors (Lipinski definition) is 0. The lowest BCUT2D eigenvalue weighted by molar-refractivity contribution is -0.127. The molecule has 0 saturated heterocycles. The largest absolute Gasteiger partial charge is 0.465 e. The average Bonchev–Trinajstić information content (AvgIpc) is 2.62. The van der Waals surface area contributed by atoms with Crippen LogP contribution in [0.15, 0.2) is 28.2 Å². The van der Waals surface area contributed by atoms with E-state index < -0.39 is 11.2 Å². The van der Waals surface area contributed by atoms with Crippen LogP contribution in [0.1, 0.15) is 31.1 Å². The van der Waals surface area contributed by atoms with E-state index >= 15 is 0 Å². The number of hydrogen-bond acceptors (Lipinski definition) is 6. The molecule has 1 aromatic carbocycles. The van der Waals surface area contributed by atoms with E-state index in [1.807, 2.05) is 13.8 Å². The predicted octanol–water partition coefficient (Wildman–Crippen LogP) is 2.41. The molecular formula is C19H25N3O4S. The van der Waals surface area contributed by atoms with E-state index in [2.05, 4.69) is 4.98 Å². The van der Waals surface area contributed by atoms with Gasteiger partial charge in [0.1, 0.15) is 0 Å². The molecule has 2 aromatic rings. The molecular weight excluding hydrogens is 366 g/mol. The number of nitrogens with zero attached hydrogens (tertiary/aromatic N) is 3. The Morgan fingerprint density at radius 2 is 1.93 bits per heavy atom. The Labute approximate surface area is 162 Å². The summed E-state index contributed by atoms with van der Waals surface area (Å²) in [4.78, 5) is 43.2. The minimum absolute atomic E-state index is 0.0613. The lowest BCUT2D eigenvalue weighted by Crippen LogP contribution is -2.31. The number of ether oxygens (including phenoxy) is 1. The van der Waals surface area contributed by atoms with E-state index in [0.717, 1.165) is 0 Å². The number of rotatable bonds is 6. The zero-order chi connectivity index (χ0) is 20.3. The Kier molecular flexibility index (Phi) is 6.64. The van der Waals surface area contributed by atoms with Crippen LogP contribution in [-0.4, -0.2) is 52.8 Å². The number of carbonyl (C=O) groups excluding carboxylic acids is 2. The molecule has 1 amide bonds. The van der Waals surface area contributed by atoms with E-state index in [0.29, 0.717) is 28.2 Å². The van der Waals surface area contributed by atoms with Crippen molar-refractivity contribution in [3.05, 3.63) is 34.1 Å². The van der Waals surface area contributed by atoms with Gasteiger partial charge in [-0.3, -0.25) is 14.2 Å². The fourth-order valence-corrected chi connectivity index (χ4v) is 3.70. The number of benzene rings is 1. The van der Waals surface area contributed by atoms with Crippen molar-refractivity contribution in [2.45, 2.75) is 37.7 Å². The Morgan fingerprint density at radius 1 is 1.26 bits per heavy atom. The minimum Gasteiger partial charge on any atom is -0.465 e. The van der Waals surface area contributed by atoms with Gasteiger partial charge in [0.05, 0.1) is 28.8 Å². The first-order valence-electron chi connectivity index (χ1n) is 8.66. The third kappa shape index (κ3) is 4.68. The summed E-state index contributed by atoms with van der Waals surface area (Å²) in [5.74, 6) is -0.320. The summed E-state index contributed by atoms with van der Waals surface area (Å²) >= 11 is 1.24. The molecule has 0 N–H and O–H groups in total. The summed E-state index contributed by atoms with van der Waals surface area (Å²) in [6, 6.07) is 4.70. The number of thioether (sulfide) groups is 1. The highest BCUT2D eigenvalue weighted by Crippen LogP contribution is 2.24. The minimum atomic E-state index is -0.490. The van der Waals surface area contributed by atoms with Crippen LogP contribution >= 0.6 is 11.8 Å². The first kappa shape index (κ1) is 21.0. The molecule has 27 heavy (non-hydrogen) atoms. The van der Waals surface area contributed by atoms with Crippen molar-refractivity contribution < 1.29 is 14.3 Å². The number of methoxy groups -OCH3 is 1. The lowest BCUT2D eigenvalue weighted by atomic mass is 10.1. The zero-order valence-corrected chi connectivity index (χ0v) is 17.3. The van der Waals surface area contributed by atoms with Gasteiger partial charge in [0.2, 0.25) is 5.91 Å². The van der Waals surface area contributed by atoms with Crippen molar-refractivity contribution in [1.82, 2.24) is 14.5 Å². The summed E-state index contributed by atoms with van der Waals surface area (Å²) < 4.78 is 6.35. The van der Waals surface area contributed by atoms with Crippen LogP contribution in [0.5, 0.6) is 0 Å². The number of aromatic nitrogens is 2. The topological polar surface area (TPSA) is 81.5 Å². The fraction of sp³-hybridized carbons (Fsp3) is 0.474. The maximum atomic E-state index is 13.0. The molecule has 0 spiro atoms. The zero-order valence-electron chi connectivity index (χ0n) is 16.5. The maximum Gasteiger partial charge on any atom is 0.337 e. The molecule has 0 aliphatic rings. The highest BCUT2D eigenvalue weighted by molar-refractivity contribution is 8.00. The van der Waals surface area contributed by atoms with Crippen LogP contribution < -0.4 is 5.56 Å². The number of esters is 1. The molecule has 2 rings (SSSR count). The molecule has 0 bridgehead atoms. The third-order valence-corrected chi connectivity index (χ3v) is 5.04. The van der Waals surface area contributed by atoms with Crippen molar-refractivity contribution in [3.63, 3.8) is 0 Å². The molecule has 0 aliphatic carbocycles. The molecule has 146 valence electrons. The van der Waals surface area contributed by atoms with E-state index in [-0.39, 0.29) is 17.4 Å². The smallest absolute Gasteiger partial charge is 0.337 e. The van der Waals surface area contributed by atoms with Gasteiger partial charge in [0.15, 0.2) is 5.16 Å². The highest BCUT2D eigenvalue weighted by atomic mass is 32.2. The molecule has 1 atom stereocenters. The van der Waals surface area contributed by atoms with Gasteiger partial charge >= 0.3 is 5.97 Å². The normalized spacial score (nSPS) is 12.3. The van der Waals surface area contributed by atoms with E-state index in [1.165, 1.54) is 23.8 Å². The molecule has 1 unspecified atom stereocenters. The van der Waals surface area contributed by atoms with Gasteiger partial charge in [0.25, 0.3) is 5.56 Å². The van der Waals surface area contributed by atoms with Crippen LogP contribution in [0.2, 0.25) is 0 Å². The van der Waals surface area contributed by atoms with Crippen LogP contribution in [0, 0.1) is 5.92 Å². The van der Waals surface area contributed by atoms with Gasteiger partial charge in [-0.1, -0.05) is 25.6 Å². The molecule has 7 nitrogen and oxygen atoms in total. The maximum absolute atomic E-state index is 13.0. The molecule has 0 radical (unpaired) electrons. The van der Waals surface area contributed by atoms with Crippen molar-refractivity contribution in [2.24, 2.45) is 5.92 Å². The molecule has 0 fully saturated rings. The van der Waals surface area contributed by atoms with Crippen LogP contribution in [0.25, 0.3) is 10.9 Å². The molecule has 0 aliphatic heterocycles. The second kappa shape index (κ2) is 8.56. The van der Waals surface area contributed by atoms with Gasteiger partial charge < -0.3 is 9.64 Å². The summed E-state index contributed by atoms with van der Waals surface area (Å²) in [7, 11) is 4.69. The van der Waals surface area contributed by atoms with Crippen molar-refractivity contribution in [2.75, 3.05) is 21.2 Å². The quantitative estimate of drug-likeness (QED) is 0.427. The second-order valence-corrected chi connectivity index (χ2v) is 8.23. The van der Waals surface area contributed by atoms with Gasteiger partial charge in [-0.15, -0.1) is 0 Å². The lowest BCUT2D eigenvalue weighted by Gasteiger charge is -2.19. The van der Waals surface area contributed by atoms with Crippen LogP contribution in [-0.2, 0) is 16.1 Å². The van der Waals surface area contributed by atoms with Crippen molar-refractivity contribution in [1.29, 1.82) is 0 Å². The Morgan fingerprint density at radius 3 is 2.48 bits per heavy atom. The van der Waals surface area contributed by atoms with Crippen molar-refractivity contribution >= 4 is 34.5 Å². The molecule has 1 heterocycles. The van der Waals surface area contributed by atoms with Gasteiger partial charge in [-0.25, -0.2) is 9.78 Å². The molecule has 0 saturated carbocycles. The number of amides is 1. The predicted molar refractivity (Wildman–Crippen MR) is 106 cm³/mol. The van der Waals surface area contributed by atoms with Gasteiger partial charge in [0, 0.05) is 20.6 Å². The fourth-order valence-electron chi connectivity index (χ4n) is 2.63. The summed E-state index contributed by atoms with van der Waals surface area (Å²) in [5, 5.41) is 0.497. The van der Waals surface area contributed by atoms with Crippen molar-refractivity contribution in [3.8, 4) is 0 Å². The van der Waals surface area contributed by atoms with E-state index in [9.17, 15) is 14.4 Å². The average molecular weight is 391 g/mol. The Hall–Kier alpha value is -2.35. The summed E-state index contributed by atoms with van der Waals surface area (Å²) in [5.41, 5.74) is 0.555. The summed E-state index contributed by atoms with van der Waals surface area (Å²) in [6.45, 7) is 6.30. The van der Waals surface area contributed by atoms with Gasteiger partial charge in [-0.05, 0) is 31.0 Å². The number of carbonyl (C=O) groups is 2. The standard InChI is InChI=1S/C19H25N3O4S/c1-11(2)10-22-17(24)14-8-7-13(18(25)26-6)9-15(14)20-19(22)27-12(3)16(23)21(4)5/h7-9,11-12H,10H2,1-6H3. The highest BCUT2D eigenvalue weighted by Gasteiger charge is 2.21. The molecule has 8 heteroatoms. The second-order valence-electron chi connectivity index (χ2n) is 6.92.